The van der Waals surface area contributed by atoms with Crippen molar-refractivity contribution in [1.29, 1.82) is 0 Å². The minimum Gasteiger partial charge on any atom is -0.466 e. The van der Waals surface area contributed by atoms with Crippen LogP contribution in [0, 0.1) is 17.3 Å². The minimum atomic E-state index is -0.399. The Hall–Kier alpha value is -1.32. The molecule has 1 aliphatic rings. The van der Waals surface area contributed by atoms with Gasteiger partial charge in [0.25, 0.3) is 0 Å². The Morgan fingerprint density at radius 3 is 2.35 bits per heavy atom. The van der Waals surface area contributed by atoms with E-state index in [0.29, 0.717) is 0 Å². The predicted molar refractivity (Wildman–Crippen MR) is 63.1 cm³/mol. The number of hydrogen-bond donors (Lipinski definition) is 0. The molecule has 1 fully saturated rings. The molecule has 96 valence electrons. The molecule has 0 radical (unpaired) electrons. The van der Waals surface area contributed by atoms with Crippen LogP contribution in [0.5, 0.6) is 0 Å². The third-order valence-electron chi connectivity index (χ3n) is 3.16. The van der Waals surface area contributed by atoms with Gasteiger partial charge in [0.2, 0.25) is 0 Å². The van der Waals surface area contributed by atoms with Crippen LogP contribution in [0.1, 0.15) is 27.7 Å². The number of carbonyl (C=O) groups is 2. The number of hydrogen-bond acceptors (Lipinski definition) is 4. The second kappa shape index (κ2) is 4.90. The van der Waals surface area contributed by atoms with Crippen molar-refractivity contribution >= 4 is 11.9 Å². The van der Waals surface area contributed by atoms with E-state index in [1.807, 2.05) is 27.7 Å². The van der Waals surface area contributed by atoms with E-state index >= 15 is 0 Å². The molecule has 1 saturated carbocycles. The maximum absolute atomic E-state index is 11.8. The summed E-state index contributed by atoms with van der Waals surface area (Å²) in [5.74, 6) is -0.702. The zero-order valence-corrected chi connectivity index (χ0v) is 11.0. The van der Waals surface area contributed by atoms with Crippen LogP contribution in [-0.2, 0) is 19.1 Å². The molecule has 1 rings (SSSR count). The molecule has 0 bridgehead atoms. The molecule has 0 heterocycles. The average Bonchev–Trinajstić information content (AvgIpc) is 2.76. The van der Waals surface area contributed by atoms with Gasteiger partial charge in [-0.1, -0.05) is 19.9 Å². The minimum absolute atomic E-state index is 0.0489. The van der Waals surface area contributed by atoms with Crippen LogP contribution >= 0.6 is 0 Å². The normalized spacial score (nSPS) is 26.0. The molecule has 4 heteroatoms. The first kappa shape index (κ1) is 13.7. The zero-order valence-electron chi connectivity index (χ0n) is 11.0. The van der Waals surface area contributed by atoms with Crippen molar-refractivity contribution in [2.24, 2.45) is 17.3 Å². The molecule has 4 nitrogen and oxygen atoms in total. The molecule has 1 aliphatic carbocycles. The van der Waals surface area contributed by atoms with Crippen molar-refractivity contribution in [3.8, 4) is 0 Å². The molecule has 17 heavy (non-hydrogen) atoms. The van der Waals surface area contributed by atoms with Gasteiger partial charge in [-0.15, -0.1) is 0 Å². The molecule has 0 N–H and O–H groups in total. The molecule has 2 atom stereocenters. The molecule has 0 unspecified atom stereocenters. The van der Waals surface area contributed by atoms with Crippen molar-refractivity contribution in [3.63, 3.8) is 0 Å². The van der Waals surface area contributed by atoms with Gasteiger partial charge >= 0.3 is 11.9 Å². The van der Waals surface area contributed by atoms with E-state index in [2.05, 4.69) is 4.74 Å². The second-order valence-corrected chi connectivity index (χ2v) is 5.19. The zero-order chi connectivity index (χ0) is 13.2. The van der Waals surface area contributed by atoms with Gasteiger partial charge in [0.05, 0.1) is 19.1 Å². The van der Waals surface area contributed by atoms with Crippen LogP contribution in [-0.4, -0.2) is 25.2 Å². The van der Waals surface area contributed by atoms with Crippen LogP contribution < -0.4 is 0 Å². The summed E-state index contributed by atoms with van der Waals surface area (Å²) in [7, 11) is 1.33. The lowest BCUT2D eigenvalue weighted by Crippen LogP contribution is -2.15. The highest BCUT2D eigenvalue weighted by Gasteiger charge is 2.61. The smallest absolute Gasteiger partial charge is 0.330 e. The largest absolute Gasteiger partial charge is 0.466 e. The number of methoxy groups -OCH3 is 1. The van der Waals surface area contributed by atoms with Crippen molar-refractivity contribution in [2.45, 2.75) is 33.8 Å². The van der Waals surface area contributed by atoms with Gasteiger partial charge < -0.3 is 9.47 Å². The molecule has 0 saturated heterocycles. The third-order valence-corrected chi connectivity index (χ3v) is 3.16. The van der Waals surface area contributed by atoms with E-state index in [9.17, 15) is 9.59 Å². The van der Waals surface area contributed by atoms with Crippen LogP contribution in [0.4, 0.5) is 0 Å². The highest BCUT2D eigenvalue weighted by atomic mass is 16.5. The summed E-state index contributed by atoms with van der Waals surface area (Å²) in [5.41, 5.74) is -0.142. The summed E-state index contributed by atoms with van der Waals surface area (Å²) in [6.07, 6.45) is 3.00. The Morgan fingerprint density at radius 2 is 1.88 bits per heavy atom. The summed E-state index contributed by atoms with van der Waals surface area (Å²) in [5, 5.41) is 0. The average molecular weight is 240 g/mol. The Kier molecular flexibility index (Phi) is 3.96. The topological polar surface area (TPSA) is 52.6 Å². The summed E-state index contributed by atoms with van der Waals surface area (Å²) in [6, 6.07) is 0. The molecule has 0 aromatic rings. The fourth-order valence-electron chi connectivity index (χ4n) is 2.04. The van der Waals surface area contributed by atoms with Gasteiger partial charge in [-0.3, -0.25) is 4.79 Å². The Bertz CT molecular complexity index is 341. The fourth-order valence-corrected chi connectivity index (χ4v) is 2.04. The Balaban J connectivity index is 2.62. The number of esters is 2. The molecular formula is C13H20O4. The van der Waals surface area contributed by atoms with E-state index in [4.69, 9.17) is 4.74 Å². The van der Waals surface area contributed by atoms with E-state index in [-0.39, 0.29) is 29.3 Å². The summed E-state index contributed by atoms with van der Waals surface area (Å²) < 4.78 is 9.70. The maximum atomic E-state index is 11.8. The Labute approximate surface area is 102 Å². The molecular weight excluding hydrogens is 220 g/mol. The van der Waals surface area contributed by atoms with Crippen LogP contribution in [0.15, 0.2) is 12.2 Å². The fraction of sp³-hybridized carbons (Fsp3) is 0.692. The Morgan fingerprint density at radius 1 is 1.29 bits per heavy atom. The number of allylic oxidation sites excluding steroid dienone is 1. The van der Waals surface area contributed by atoms with Crippen molar-refractivity contribution < 1.29 is 19.1 Å². The van der Waals surface area contributed by atoms with Gasteiger partial charge in [0, 0.05) is 6.08 Å². The van der Waals surface area contributed by atoms with Crippen LogP contribution in [0.3, 0.4) is 0 Å². The quantitative estimate of drug-likeness (QED) is 0.556. The number of ether oxygens (including phenoxy) is 2. The SMILES string of the molecule is COC(=O)C=C[C@@H]1[C@@H](C(=O)OC(C)C)C1(C)C. The molecule has 0 amide bonds. The van der Waals surface area contributed by atoms with Gasteiger partial charge in [0.15, 0.2) is 0 Å². The van der Waals surface area contributed by atoms with Gasteiger partial charge in [-0.05, 0) is 25.2 Å². The standard InChI is InChI=1S/C13H20O4/c1-8(2)17-12(15)11-9(13(11,3)4)6-7-10(14)16-5/h6-9,11H,1-5H3/t9-,11+/m1/s1. The van der Waals surface area contributed by atoms with E-state index < -0.39 is 5.97 Å². The number of carbonyl (C=O) groups excluding carboxylic acids is 2. The second-order valence-electron chi connectivity index (χ2n) is 5.19. The van der Waals surface area contributed by atoms with E-state index in [0.717, 1.165) is 0 Å². The summed E-state index contributed by atoms with van der Waals surface area (Å²) in [4.78, 5) is 22.8. The first-order valence-electron chi connectivity index (χ1n) is 5.77. The lowest BCUT2D eigenvalue weighted by atomic mass is 10.1. The van der Waals surface area contributed by atoms with Crippen LogP contribution in [0.2, 0.25) is 0 Å². The highest BCUT2D eigenvalue weighted by Crippen LogP contribution is 2.59. The summed E-state index contributed by atoms with van der Waals surface area (Å²) in [6.45, 7) is 7.64. The van der Waals surface area contributed by atoms with Crippen molar-refractivity contribution in [2.75, 3.05) is 7.11 Å². The highest BCUT2D eigenvalue weighted by molar-refractivity contribution is 5.83. The maximum Gasteiger partial charge on any atom is 0.330 e. The van der Waals surface area contributed by atoms with Gasteiger partial charge in [-0.2, -0.15) is 0 Å². The van der Waals surface area contributed by atoms with Gasteiger partial charge in [-0.25, -0.2) is 4.79 Å². The third kappa shape index (κ3) is 3.08. The lowest BCUT2D eigenvalue weighted by Gasteiger charge is -2.08. The van der Waals surface area contributed by atoms with Crippen LogP contribution in [0.25, 0.3) is 0 Å². The van der Waals surface area contributed by atoms with Gasteiger partial charge in [0.1, 0.15) is 0 Å². The molecule has 0 aromatic carbocycles. The molecule has 0 aromatic heterocycles. The first-order chi connectivity index (χ1) is 7.80. The summed E-state index contributed by atoms with van der Waals surface area (Å²) >= 11 is 0. The molecule has 0 spiro atoms. The lowest BCUT2D eigenvalue weighted by molar-refractivity contribution is -0.150. The number of rotatable bonds is 4. The van der Waals surface area contributed by atoms with E-state index in [1.54, 1.807) is 6.08 Å². The molecule has 0 aliphatic heterocycles. The van der Waals surface area contributed by atoms with E-state index in [1.165, 1.54) is 13.2 Å². The van der Waals surface area contributed by atoms with Crippen molar-refractivity contribution in [3.05, 3.63) is 12.2 Å². The monoisotopic (exact) mass is 240 g/mol. The predicted octanol–water partition coefficient (Wildman–Crippen LogP) is 1.94. The van der Waals surface area contributed by atoms with Crippen molar-refractivity contribution in [1.82, 2.24) is 0 Å². The first-order valence-corrected chi connectivity index (χ1v) is 5.77.